The van der Waals surface area contributed by atoms with Crippen LogP contribution in [-0.4, -0.2) is 14.4 Å². The molecule has 0 aromatic carbocycles. The molecule has 0 saturated heterocycles. The molecule has 0 spiro atoms. The molecule has 0 radical (unpaired) electrons. The number of aromatic nitrogens is 1. The van der Waals surface area contributed by atoms with E-state index in [0.29, 0.717) is 16.7 Å². The molecule has 0 amide bonds. The van der Waals surface area contributed by atoms with Crippen molar-refractivity contribution in [2.45, 2.75) is 36.7 Å². The van der Waals surface area contributed by atoms with Gasteiger partial charge >= 0.3 is 0 Å². The predicted octanol–water partition coefficient (Wildman–Crippen LogP) is 1.86. The van der Waals surface area contributed by atoms with Crippen LogP contribution in [0.5, 0.6) is 0 Å². The molecule has 1 aromatic rings. The predicted molar refractivity (Wildman–Crippen MR) is 62.8 cm³/mol. The van der Waals surface area contributed by atoms with Crippen molar-refractivity contribution in [1.29, 1.82) is 0 Å². The lowest BCUT2D eigenvalue weighted by atomic mass is 10.3. The fourth-order valence-electron chi connectivity index (χ4n) is 1.99. The molecular weight excluding hydrogens is 208 g/mol. The Morgan fingerprint density at radius 3 is 2.87 bits per heavy atom. The van der Waals surface area contributed by atoms with Crippen molar-refractivity contribution in [3.05, 3.63) is 24.0 Å². The number of pyridine rings is 1. The molecule has 0 aliphatic heterocycles. The maximum atomic E-state index is 12.0. The van der Waals surface area contributed by atoms with Gasteiger partial charge in [-0.1, -0.05) is 12.8 Å². The summed E-state index contributed by atoms with van der Waals surface area (Å²) in [4.78, 5) is 4.18. The first kappa shape index (κ1) is 10.6. The summed E-state index contributed by atoms with van der Waals surface area (Å²) in [6, 6.07) is 3.56. The van der Waals surface area contributed by atoms with E-state index in [2.05, 4.69) is 4.98 Å². The van der Waals surface area contributed by atoms with Gasteiger partial charge in [-0.05, 0) is 25.0 Å². The Bertz CT molecular complexity index is 361. The number of anilines is 1. The molecule has 82 valence electrons. The van der Waals surface area contributed by atoms with Crippen molar-refractivity contribution in [3.8, 4) is 0 Å². The fourth-order valence-corrected chi connectivity index (χ4v) is 3.53. The van der Waals surface area contributed by atoms with Gasteiger partial charge in [0.05, 0.1) is 11.4 Å². The molecule has 1 heterocycles. The summed E-state index contributed by atoms with van der Waals surface area (Å²) in [5.74, 6) is 0.551. The van der Waals surface area contributed by atoms with Crippen molar-refractivity contribution in [1.82, 2.24) is 4.98 Å². The molecular formula is C11H16N2OS. The van der Waals surface area contributed by atoms with Gasteiger partial charge in [0.15, 0.2) is 0 Å². The molecule has 15 heavy (non-hydrogen) atoms. The minimum absolute atomic E-state index is 0.383. The molecule has 1 fully saturated rings. The van der Waals surface area contributed by atoms with Gasteiger partial charge in [-0.25, -0.2) is 0 Å². The standard InChI is InChI=1S/C11H16N2OS/c12-9-5-6-13-10(7-9)8-15(14)11-3-1-2-4-11/h5-7,11H,1-4,8H2,(H2,12,13). The first-order valence-electron chi connectivity index (χ1n) is 5.33. The molecule has 0 bridgehead atoms. The van der Waals surface area contributed by atoms with Crippen LogP contribution < -0.4 is 5.73 Å². The Morgan fingerprint density at radius 2 is 2.20 bits per heavy atom. The maximum absolute atomic E-state index is 12.0. The fraction of sp³-hybridized carbons (Fsp3) is 0.545. The lowest BCUT2D eigenvalue weighted by Gasteiger charge is -2.08. The van der Waals surface area contributed by atoms with Gasteiger partial charge in [0, 0.05) is 27.9 Å². The molecule has 4 heteroatoms. The lowest BCUT2D eigenvalue weighted by molar-refractivity contribution is 0.668. The Hall–Kier alpha value is -0.900. The van der Waals surface area contributed by atoms with Crippen LogP contribution in [-0.2, 0) is 16.6 Å². The van der Waals surface area contributed by atoms with Gasteiger partial charge in [-0.3, -0.25) is 9.19 Å². The molecule has 1 aliphatic carbocycles. The Balaban J connectivity index is 1.99. The quantitative estimate of drug-likeness (QED) is 0.852. The first-order valence-corrected chi connectivity index (χ1v) is 6.71. The first-order chi connectivity index (χ1) is 7.25. The van der Waals surface area contributed by atoms with Crippen molar-refractivity contribution in [2.75, 3.05) is 5.73 Å². The summed E-state index contributed by atoms with van der Waals surface area (Å²) in [6.45, 7) is 0. The van der Waals surface area contributed by atoms with E-state index in [9.17, 15) is 4.21 Å². The summed E-state index contributed by atoms with van der Waals surface area (Å²) < 4.78 is 12.0. The second-order valence-corrected chi connectivity index (χ2v) is 5.73. The van der Waals surface area contributed by atoms with Crippen molar-refractivity contribution in [2.24, 2.45) is 0 Å². The Morgan fingerprint density at radius 1 is 1.47 bits per heavy atom. The topological polar surface area (TPSA) is 56.0 Å². The van der Waals surface area contributed by atoms with Gasteiger partial charge < -0.3 is 5.73 Å². The third-order valence-corrected chi connectivity index (χ3v) is 4.60. The Kier molecular flexibility index (Phi) is 3.36. The second-order valence-electron chi connectivity index (χ2n) is 4.01. The van der Waals surface area contributed by atoms with Crippen LogP contribution in [0.1, 0.15) is 31.4 Å². The number of nitrogen functional groups attached to an aromatic ring is 1. The maximum Gasteiger partial charge on any atom is 0.0662 e. The number of hydrogen-bond donors (Lipinski definition) is 1. The zero-order valence-electron chi connectivity index (χ0n) is 8.69. The van der Waals surface area contributed by atoms with Crippen LogP contribution in [0.3, 0.4) is 0 Å². The van der Waals surface area contributed by atoms with Gasteiger partial charge in [0.2, 0.25) is 0 Å². The summed E-state index contributed by atoms with van der Waals surface area (Å²) in [7, 11) is -0.773. The van der Waals surface area contributed by atoms with E-state index in [-0.39, 0.29) is 0 Å². The third-order valence-electron chi connectivity index (χ3n) is 2.80. The summed E-state index contributed by atoms with van der Waals surface area (Å²) in [5.41, 5.74) is 7.19. The second kappa shape index (κ2) is 4.75. The minimum atomic E-state index is -0.773. The zero-order valence-corrected chi connectivity index (χ0v) is 9.50. The van der Waals surface area contributed by atoms with E-state index < -0.39 is 10.8 Å². The molecule has 1 unspecified atom stereocenters. The molecule has 2 rings (SSSR count). The average molecular weight is 224 g/mol. The zero-order chi connectivity index (χ0) is 10.7. The van der Waals surface area contributed by atoms with Gasteiger partial charge in [-0.2, -0.15) is 0 Å². The normalized spacial score (nSPS) is 19.2. The molecule has 1 atom stereocenters. The molecule has 1 aromatic heterocycles. The van der Waals surface area contributed by atoms with Gasteiger partial charge in [-0.15, -0.1) is 0 Å². The van der Waals surface area contributed by atoms with E-state index >= 15 is 0 Å². The van der Waals surface area contributed by atoms with E-state index in [4.69, 9.17) is 5.73 Å². The van der Waals surface area contributed by atoms with Crippen LogP contribution in [0.25, 0.3) is 0 Å². The highest BCUT2D eigenvalue weighted by molar-refractivity contribution is 7.84. The van der Waals surface area contributed by atoms with Gasteiger partial charge in [0.1, 0.15) is 0 Å². The van der Waals surface area contributed by atoms with Crippen LogP contribution in [0.4, 0.5) is 5.69 Å². The van der Waals surface area contributed by atoms with Crippen LogP contribution in [0.15, 0.2) is 18.3 Å². The largest absolute Gasteiger partial charge is 0.399 e. The van der Waals surface area contributed by atoms with Gasteiger partial charge in [0.25, 0.3) is 0 Å². The number of rotatable bonds is 3. The lowest BCUT2D eigenvalue weighted by Crippen LogP contribution is -2.12. The van der Waals surface area contributed by atoms with Crippen LogP contribution in [0.2, 0.25) is 0 Å². The number of nitrogens with zero attached hydrogens (tertiary/aromatic N) is 1. The van der Waals surface area contributed by atoms with E-state index in [0.717, 1.165) is 18.5 Å². The third kappa shape index (κ3) is 2.78. The number of nitrogens with two attached hydrogens (primary N) is 1. The average Bonchev–Trinajstić information content (AvgIpc) is 2.70. The Labute approximate surface area is 92.5 Å². The SMILES string of the molecule is Nc1ccnc(CS(=O)C2CCCC2)c1. The van der Waals surface area contributed by atoms with Crippen molar-refractivity contribution >= 4 is 16.5 Å². The highest BCUT2D eigenvalue weighted by atomic mass is 32.2. The van der Waals surface area contributed by atoms with E-state index in [1.807, 2.05) is 6.07 Å². The van der Waals surface area contributed by atoms with Crippen LogP contribution in [0, 0.1) is 0 Å². The van der Waals surface area contributed by atoms with E-state index in [1.165, 1.54) is 12.8 Å². The molecule has 1 saturated carbocycles. The molecule has 2 N–H and O–H groups in total. The minimum Gasteiger partial charge on any atom is -0.399 e. The van der Waals surface area contributed by atoms with Crippen molar-refractivity contribution < 1.29 is 4.21 Å². The highest BCUT2D eigenvalue weighted by Crippen LogP contribution is 2.24. The monoisotopic (exact) mass is 224 g/mol. The summed E-state index contributed by atoms with van der Waals surface area (Å²) in [5, 5.41) is 0.383. The number of hydrogen-bond acceptors (Lipinski definition) is 3. The molecule has 1 aliphatic rings. The molecule has 3 nitrogen and oxygen atoms in total. The summed E-state index contributed by atoms with van der Waals surface area (Å²) in [6.07, 6.45) is 6.34. The highest BCUT2D eigenvalue weighted by Gasteiger charge is 2.21. The summed E-state index contributed by atoms with van der Waals surface area (Å²) >= 11 is 0. The smallest absolute Gasteiger partial charge is 0.0662 e. The van der Waals surface area contributed by atoms with E-state index in [1.54, 1.807) is 12.3 Å². The van der Waals surface area contributed by atoms with Crippen LogP contribution >= 0.6 is 0 Å². The van der Waals surface area contributed by atoms with Crippen molar-refractivity contribution in [3.63, 3.8) is 0 Å².